The SMILES string of the molecule is C[C@@H](N)C(=O)OCc1c(-c2nc(N)nc(Cc3cnn(C)c3)n2)cccc1-n1ccc2cc(C3CC3)cc(F)c2c1=O. The first-order valence-corrected chi connectivity index (χ1v) is 13.6. The number of hydrogen-bond donors (Lipinski definition) is 2. The maximum Gasteiger partial charge on any atom is 0.322 e. The minimum Gasteiger partial charge on any atom is -0.460 e. The zero-order valence-corrected chi connectivity index (χ0v) is 23.1. The molecule has 11 nitrogen and oxygen atoms in total. The number of esters is 1. The van der Waals surface area contributed by atoms with Crippen molar-refractivity contribution in [1.82, 2.24) is 29.3 Å². The number of carbonyl (C=O) groups excluding carboxylic acids is 1. The third kappa shape index (κ3) is 5.36. The molecule has 5 aromatic rings. The molecule has 2 aromatic carbocycles. The Morgan fingerprint density at radius 2 is 2.00 bits per heavy atom. The highest BCUT2D eigenvalue weighted by molar-refractivity contribution is 5.84. The standard InChI is InChI=1S/C30H29FN8O3/c1-16(32)29(41)42-15-22-21(27-35-25(36-30(33)37-27)10-17-13-34-38(2)14-17)4-3-5-24(22)39-9-8-19-11-20(18-6-7-18)12-23(31)26(19)28(39)40/h3-5,8-9,11-14,16,18H,6-7,10,15,32H2,1-2H3,(H2,33,35,36,37)/t16-/m1/s1. The zero-order valence-electron chi connectivity index (χ0n) is 23.1. The van der Waals surface area contributed by atoms with Gasteiger partial charge in [0.2, 0.25) is 5.95 Å². The summed E-state index contributed by atoms with van der Waals surface area (Å²) in [6, 6.07) is 9.30. The second-order valence-corrected chi connectivity index (χ2v) is 10.6. The van der Waals surface area contributed by atoms with Crippen molar-refractivity contribution in [2.24, 2.45) is 12.8 Å². The summed E-state index contributed by atoms with van der Waals surface area (Å²) in [5.74, 6) is -0.229. The molecular formula is C30H29FN8O3. The molecule has 4 N–H and O–H groups in total. The molecule has 0 radical (unpaired) electrons. The average Bonchev–Trinajstić information content (AvgIpc) is 3.73. The Bertz CT molecular complexity index is 1890. The summed E-state index contributed by atoms with van der Waals surface area (Å²) in [5.41, 5.74) is 14.3. The van der Waals surface area contributed by atoms with E-state index in [-0.39, 0.29) is 23.8 Å². The second kappa shape index (κ2) is 10.8. The van der Waals surface area contributed by atoms with Gasteiger partial charge >= 0.3 is 5.97 Å². The molecule has 42 heavy (non-hydrogen) atoms. The van der Waals surface area contributed by atoms with Crippen molar-refractivity contribution in [3.63, 3.8) is 0 Å². The Hall–Kier alpha value is -4.97. The predicted octanol–water partition coefficient (Wildman–Crippen LogP) is 3.16. The second-order valence-electron chi connectivity index (χ2n) is 10.6. The fraction of sp³-hybridized carbons (Fsp3) is 0.267. The Labute approximate surface area is 240 Å². The summed E-state index contributed by atoms with van der Waals surface area (Å²) in [5, 5.41) is 4.69. The third-order valence-electron chi connectivity index (χ3n) is 7.23. The van der Waals surface area contributed by atoms with Gasteiger partial charge in [0, 0.05) is 37.0 Å². The minimum absolute atomic E-state index is 0.000714. The van der Waals surface area contributed by atoms with Crippen molar-refractivity contribution < 1.29 is 13.9 Å². The maximum absolute atomic E-state index is 15.3. The van der Waals surface area contributed by atoms with Crippen LogP contribution in [0.1, 0.15) is 48.2 Å². The number of aromatic nitrogens is 6. The van der Waals surface area contributed by atoms with Gasteiger partial charge in [0.15, 0.2) is 5.82 Å². The highest BCUT2D eigenvalue weighted by atomic mass is 19.1. The minimum atomic E-state index is -0.863. The number of nitrogens with zero attached hydrogens (tertiary/aromatic N) is 6. The van der Waals surface area contributed by atoms with Crippen molar-refractivity contribution in [1.29, 1.82) is 0 Å². The Kier molecular flexibility index (Phi) is 6.99. The van der Waals surface area contributed by atoms with E-state index in [1.165, 1.54) is 17.6 Å². The van der Waals surface area contributed by atoms with Crippen LogP contribution in [0.3, 0.4) is 0 Å². The van der Waals surface area contributed by atoms with Gasteiger partial charge in [-0.3, -0.25) is 18.8 Å². The topological polar surface area (TPSA) is 157 Å². The van der Waals surface area contributed by atoms with E-state index in [9.17, 15) is 9.59 Å². The molecular weight excluding hydrogens is 539 g/mol. The van der Waals surface area contributed by atoms with E-state index in [0.29, 0.717) is 40.4 Å². The van der Waals surface area contributed by atoms with Gasteiger partial charge in [-0.25, -0.2) is 9.37 Å². The lowest BCUT2D eigenvalue weighted by molar-refractivity contribution is -0.146. The van der Waals surface area contributed by atoms with Crippen molar-refractivity contribution in [3.8, 4) is 17.1 Å². The van der Waals surface area contributed by atoms with Crippen LogP contribution in [-0.4, -0.2) is 41.3 Å². The number of nitrogens with two attached hydrogens (primary N) is 2. The molecule has 3 heterocycles. The average molecular weight is 569 g/mol. The van der Waals surface area contributed by atoms with Gasteiger partial charge in [0.05, 0.1) is 17.3 Å². The zero-order chi connectivity index (χ0) is 29.5. The summed E-state index contributed by atoms with van der Waals surface area (Å²) in [6.45, 7) is 1.27. The number of nitrogen functional groups attached to an aromatic ring is 1. The monoisotopic (exact) mass is 568 g/mol. The first kappa shape index (κ1) is 27.2. The Balaban J connectivity index is 1.49. The van der Waals surface area contributed by atoms with Crippen LogP contribution < -0.4 is 17.0 Å². The number of ether oxygens (including phenoxy) is 1. The van der Waals surface area contributed by atoms with Gasteiger partial charge in [0.25, 0.3) is 5.56 Å². The molecule has 0 aliphatic heterocycles. The van der Waals surface area contributed by atoms with Gasteiger partial charge in [-0.15, -0.1) is 0 Å². The van der Waals surface area contributed by atoms with E-state index in [4.69, 9.17) is 16.2 Å². The molecule has 1 saturated carbocycles. The van der Waals surface area contributed by atoms with Crippen molar-refractivity contribution >= 4 is 22.7 Å². The van der Waals surface area contributed by atoms with Gasteiger partial charge in [-0.1, -0.05) is 18.2 Å². The van der Waals surface area contributed by atoms with Gasteiger partial charge in [-0.2, -0.15) is 15.1 Å². The van der Waals surface area contributed by atoms with Crippen LogP contribution in [0.15, 0.2) is 59.8 Å². The van der Waals surface area contributed by atoms with Crippen LogP contribution >= 0.6 is 0 Å². The summed E-state index contributed by atoms with van der Waals surface area (Å²) in [4.78, 5) is 39.4. The molecule has 0 bridgehead atoms. The molecule has 1 fully saturated rings. The van der Waals surface area contributed by atoms with E-state index >= 15 is 4.39 Å². The Morgan fingerprint density at radius 1 is 1.19 bits per heavy atom. The summed E-state index contributed by atoms with van der Waals surface area (Å²) in [7, 11) is 1.81. The van der Waals surface area contributed by atoms with E-state index in [1.54, 1.807) is 41.3 Å². The van der Waals surface area contributed by atoms with Gasteiger partial charge in [-0.05, 0) is 60.4 Å². The molecule has 0 spiro atoms. The molecule has 3 aromatic heterocycles. The molecule has 0 saturated heterocycles. The maximum atomic E-state index is 15.3. The van der Waals surface area contributed by atoms with E-state index in [2.05, 4.69) is 20.1 Å². The summed E-state index contributed by atoms with van der Waals surface area (Å²) < 4.78 is 23.8. The third-order valence-corrected chi connectivity index (χ3v) is 7.23. The van der Waals surface area contributed by atoms with Crippen molar-refractivity contribution in [2.75, 3.05) is 5.73 Å². The lowest BCUT2D eigenvalue weighted by Crippen LogP contribution is -2.29. The number of pyridine rings is 1. The molecule has 6 rings (SSSR count). The molecule has 214 valence electrons. The molecule has 1 aliphatic carbocycles. The number of hydrogen-bond acceptors (Lipinski definition) is 9. The van der Waals surface area contributed by atoms with Crippen LogP contribution in [0.2, 0.25) is 0 Å². The number of carbonyl (C=O) groups is 1. The molecule has 1 aliphatic rings. The molecule has 1 atom stereocenters. The highest BCUT2D eigenvalue weighted by Gasteiger charge is 2.26. The van der Waals surface area contributed by atoms with Crippen molar-refractivity contribution in [2.45, 2.75) is 44.8 Å². The normalized spacial score (nSPS) is 13.8. The fourth-order valence-corrected chi connectivity index (χ4v) is 5.01. The van der Waals surface area contributed by atoms with Crippen LogP contribution in [0.5, 0.6) is 0 Å². The summed E-state index contributed by atoms with van der Waals surface area (Å²) >= 11 is 0. The lowest BCUT2D eigenvalue weighted by atomic mass is 10.0. The van der Waals surface area contributed by atoms with Crippen LogP contribution in [0.4, 0.5) is 10.3 Å². The van der Waals surface area contributed by atoms with Gasteiger partial charge < -0.3 is 16.2 Å². The van der Waals surface area contributed by atoms with Gasteiger partial charge in [0.1, 0.15) is 24.3 Å². The summed E-state index contributed by atoms with van der Waals surface area (Å²) in [6.07, 6.45) is 7.53. The number of aryl methyl sites for hydroxylation is 1. The largest absolute Gasteiger partial charge is 0.460 e. The van der Waals surface area contributed by atoms with Crippen molar-refractivity contribution in [3.05, 3.63) is 93.7 Å². The first-order valence-electron chi connectivity index (χ1n) is 13.6. The van der Waals surface area contributed by atoms with E-state index < -0.39 is 23.4 Å². The predicted molar refractivity (Wildman–Crippen MR) is 154 cm³/mol. The number of anilines is 1. The van der Waals surface area contributed by atoms with Crippen LogP contribution in [-0.2, 0) is 29.6 Å². The van der Waals surface area contributed by atoms with E-state index in [1.807, 2.05) is 19.3 Å². The molecule has 12 heteroatoms. The quantitative estimate of drug-likeness (QED) is 0.268. The van der Waals surface area contributed by atoms with Crippen LogP contribution in [0, 0.1) is 5.82 Å². The molecule has 0 unspecified atom stereocenters. The first-order chi connectivity index (χ1) is 20.2. The Morgan fingerprint density at radius 3 is 2.71 bits per heavy atom. The molecule has 0 amide bonds. The van der Waals surface area contributed by atoms with Crippen LogP contribution in [0.25, 0.3) is 27.8 Å². The smallest absolute Gasteiger partial charge is 0.322 e. The number of fused-ring (bicyclic) bond motifs is 1. The number of benzene rings is 2. The number of rotatable bonds is 8. The number of halogens is 1. The fourth-order valence-electron chi connectivity index (χ4n) is 5.01. The highest BCUT2D eigenvalue weighted by Crippen LogP contribution is 2.41. The lowest BCUT2D eigenvalue weighted by Gasteiger charge is -2.18. The van der Waals surface area contributed by atoms with E-state index in [0.717, 1.165) is 24.0 Å².